The lowest BCUT2D eigenvalue weighted by atomic mass is 10.3. The molecule has 0 saturated heterocycles. The van der Waals surface area contributed by atoms with Gasteiger partial charge in [0, 0.05) is 10.7 Å². The number of carbonyl (C=O) groups is 1. The van der Waals surface area contributed by atoms with Crippen LogP contribution in [0.1, 0.15) is 31.6 Å². The molecule has 1 saturated carbocycles. The van der Waals surface area contributed by atoms with Crippen LogP contribution >= 0.6 is 11.6 Å². The van der Waals surface area contributed by atoms with Crippen LogP contribution in [0.15, 0.2) is 24.3 Å². The zero-order valence-electron chi connectivity index (χ0n) is 12.9. The lowest BCUT2D eigenvalue weighted by Gasteiger charge is -2.13. The van der Waals surface area contributed by atoms with E-state index in [0.717, 1.165) is 12.8 Å². The molecule has 1 atom stereocenters. The van der Waals surface area contributed by atoms with Gasteiger partial charge >= 0.3 is 0 Å². The van der Waals surface area contributed by atoms with Crippen LogP contribution in [0.2, 0.25) is 5.02 Å². The number of anilines is 1. The zero-order chi connectivity index (χ0) is 17.3. The number of nitrogens with zero attached hydrogens (tertiary/aromatic N) is 4. The van der Waals surface area contributed by atoms with Crippen molar-refractivity contribution in [3.63, 3.8) is 0 Å². The molecule has 10 heteroatoms. The molecule has 1 aliphatic rings. The van der Waals surface area contributed by atoms with Gasteiger partial charge in [-0.25, -0.2) is 13.1 Å². The van der Waals surface area contributed by atoms with Crippen LogP contribution in [-0.2, 0) is 20.4 Å². The number of hydrogen-bond donors (Lipinski definition) is 1. The van der Waals surface area contributed by atoms with Gasteiger partial charge in [-0.3, -0.25) is 4.79 Å². The van der Waals surface area contributed by atoms with Gasteiger partial charge in [-0.1, -0.05) is 11.6 Å². The fraction of sp³-hybridized carbons (Fsp3) is 0.429. The van der Waals surface area contributed by atoms with E-state index >= 15 is 0 Å². The molecule has 0 spiro atoms. The highest BCUT2D eigenvalue weighted by Gasteiger charge is 2.33. The molecule has 1 N–H and O–H groups in total. The third kappa shape index (κ3) is 3.73. The molecule has 1 amide bonds. The van der Waals surface area contributed by atoms with Gasteiger partial charge in [0.25, 0.3) is 0 Å². The second-order valence-electron chi connectivity index (χ2n) is 5.72. The predicted octanol–water partition coefficient (Wildman–Crippen LogP) is 1.60. The van der Waals surface area contributed by atoms with Gasteiger partial charge in [0.15, 0.2) is 15.7 Å². The van der Waals surface area contributed by atoms with Gasteiger partial charge in [-0.05, 0) is 54.5 Å². The number of hydrogen-bond acceptors (Lipinski definition) is 6. The smallest absolute Gasteiger partial charge is 0.242 e. The SMILES string of the molecule is C[C@@H](C(=O)Nc1ccc(Cl)cc1)S(=O)(=O)Cc1nnnn1C1CC1. The molecule has 0 aliphatic heterocycles. The van der Waals surface area contributed by atoms with Crippen molar-refractivity contribution in [2.45, 2.75) is 36.8 Å². The van der Waals surface area contributed by atoms with Crippen molar-refractivity contribution in [3.05, 3.63) is 35.1 Å². The first kappa shape index (κ1) is 16.8. The summed E-state index contributed by atoms with van der Waals surface area (Å²) in [6.07, 6.45) is 1.87. The van der Waals surface area contributed by atoms with E-state index in [1.807, 2.05) is 0 Å². The molecule has 1 aromatic heterocycles. The maximum atomic E-state index is 12.5. The van der Waals surface area contributed by atoms with Crippen LogP contribution in [-0.4, -0.2) is 39.8 Å². The third-order valence-corrected chi connectivity index (χ3v) is 6.01. The monoisotopic (exact) mass is 369 g/mol. The Bertz CT molecular complexity index is 846. The van der Waals surface area contributed by atoms with E-state index in [0.29, 0.717) is 10.7 Å². The van der Waals surface area contributed by atoms with E-state index in [9.17, 15) is 13.2 Å². The highest BCUT2D eigenvalue weighted by Crippen LogP contribution is 2.34. The summed E-state index contributed by atoms with van der Waals surface area (Å²) in [6, 6.07) is 6.60. The Morgan fingerprint density at radius 3 is 2.67 bits per heavy atom. The minimum atomic E-state index is -3.74. The van der Waals surface area contributed by atoms with Gasteiger partial charge < -0.3 is 5.32 Å². The molecular formula is C14H16ClN5O3S. The molecule has 1 aromatic carbocycles. The van der Waals surface area contributed by atoms with Crippen LogP contribution in [0.5, 0.6) is 0 Å². The van der Waals surface area contributed by atoms with Crippen molar-refractivity contribution in [1.82, 2.24) is 20.2 Å². The number of benzene rings is 1. The minimum Gasteiger partial charge on any atom is -0.325 e. The van der Waals surface area contributed by atoms with Crippen molar-refractivity contribution >= 4 is 33.0 Å². The number of sulfone groups is 1. The van der Waals surface area contributed by atoms with Crippen LogP contribution in [0.25, 0.3) is 0 Å². The average Bonchev–Trinajstić information content (AvgIpc) is 3.29. The number of nitrogens with one attached hydrogen (secondary N) is 1. The van der Waals surface area contributed by atoms with Crippen molar-refractivity contribution in [1.29, 1.82) is 0 Å². The first-order valence-electron chi connectivity index (χ1n) is 7.41. The second kappa shape index (κ2) is 6.48. The van der Waals surface area contributed by atoms with E-state index in [2.05, 4.69) is 20.8 Å². The van der Waals surface area contributed by atoms with E-state index in [4.69, 9.17) is 11.6 Å². The Morgan fingerprint density at radius 1 is 1.38 bits per heavy atom. The Labute approximate surface area is 144 Å². The second-order valence-corrected chi connectivity index (χ2v) is 8.47. The number of carbonyl (C=O) groups excluding carboxylic acids is 1. The number of halogens is 1. The summed E-state index contributed by atoms with van der Waals surface area (Å²) in [7, 11) is -3.74. The first-order valence-corrected chi connectivity index (χ1v) is 9.51. The largest absolute Gasteiger partial charge is 0.325 e. The number of amides is 1. The predicted molar refractivity (Wildman–Crippen MR) is 88.3 cm³/mol. The van der Waals surface area contributed by atoms with E-state index in [1.54, 1.807) is 24.3 Å². The summed E-state index contributed by atoms with van der Waals surface area (Å²) in [5.74, 6) is -0.711. The third-order valence-electron chi connectivity index (χ3n) is 3.80. The average molecular weight is 370 g/mol. The Kier molecular flexibility index (Phi) is 4.55. The fourth-order valence-corrected chi connectivity index (χ4v) is 3.47. The maximum Gasteiger partial charge on any atom is 0.242 e. The molecule has 0 bridgehead atoms. The molecule has 8 nitrogen and oxygen atoms in total. The van der Waals surface area contributed by atoms with Crippen LogP contribution in [0.3, 0.4) is 0 Å². The maximum absolute atomic E-state index is 12.5. The molecule has 0 radical (unpaired) electrons. The highest BCUT2D eigenvalue weighted by molar-refractivity contribution is 7.92. The zero-order valence-corrected chi connectivity index (χ0v) is 14.5. The lowest BCUT2D eigenvalue weighted by Crippen LogP contribution is -2.34. The van der Waals surface area contributed by atoms with Crippen molar-refractivity contribution in [3.8, 4) is 0 Å². The summed E-state index contributed by atoms with van der Waals surface area (Å²) in [5.41, 5.74) is 0.481. The highest BCUT2D eigenvalue weighted by atomic mass is 35.5. The fourth-order valence-electron chi connectivity index (χ4n) is 2.16. The Morgan fingerprint density at radius 2 is 2.04 bits per heavy atom. The summed E-state index contributed by atoms with van der Waals surface area (Å²) in [6.45, 7) is 1.35. The summed E-state index contributed by atoms with van der Waals surface area (Å²) < 4.78 is 26.5. The summed E-state index contributed by atoms with van der Waals surface area (Å²) in [5, 5.41) is 13.0. The summed E-state index contributed by atoms with van der Waals surface area (Å²) in [4.78, 5) is 12.2. The molecule has 3 rings (SSSR count). The van der Waals surface area contributed by atoms with Gasteiger partial charge in [0.1, 0.15) is 11.0 Å². The van der Waals surface area contributed by atoms with Gasteiger partial charge in [-0.15, -0.1) is 5.10 Å². The molecule has 2 aromatic rings. The van der Waals surface area contributed by atoms with Crippen LogP contribution in [0, 0.1) is 0 Å². The van der Waals surface area contributed by atoms with Gasteiger partial charge in [0.2, 0.25) is 5.91 Å². The molecule has 24 heavy (non-hydrogen) atoms. The number of tetrazole rings is 1. The molecule has 1 fully saturated rings. The number of rotatable bonds is 6. The van der Waals surface area contributed by atoms with Crippen molar-refractivity contribution in [2.75, 3.05) is 5.32 Å². The topological polar surface area (TPSA) is 107 Å². The van der Waals surface area contributed by atoms with E-state index in [-0.39, 0.29) is 17.6 Å². The van der Waals surface area contributed by atoms with Gasteiger partial charge in [-0.2, -0.15) is 0 Å². The van der Waals surface area contributed by atoms with Crippen LogP contribution in [0.4, 0.5) is 5.69 Å². The molecule has 0 unspecified atom stereocenters. The van der Waals surface area contributed by atoms with Crippen molar-refractivity contribution in [2.24, 2.45) is 0 Å². The van der Waals surface area contributed by atoms with Crippen LogP contribution < -0.4 is 5.32 Å². The normalized spacial score (nSPS) is 15.9. The Hall–Kier alpha value is -2.00. The standard InChI is InChI=1S/C14H16ClN5O3S/c1-9(14(21)16-11-4-2-10(15)3-5-11)24(22,23)8-13-17-18-19-20(13)12-6-7-12/h2-5,9,12H,6-8H2,1H3,(H,16,21)/t9-/m0/s1. The minimum absolute atomic E-state index is 0.170. The quantitative estimate of drug-likeness (QED) is 0.828. The lowest BCUT2D eigenvalue weighted by molar-refractivity contribution is -0.115. The Balaban J connectivity index is 1.69. The van der Waals surface area contributed by atoms with E-state index in [1.165, 1.54) is 11.6 Å². The first-order chi connectivity index (χ1) is 11.4. The van der Waals surface area contributed by atoms with E-state index < -0.39 is 21.0 Å². The molecular weight excluding hydrogens is 354 g/mol. The van der Waals surface area contributed by atoms with Crippen molar-refractivity contribution < 1.29 is 13.2 Å². The molecule has 1 heterocycles. The van der Waals surface area contributed by atoms with Gasteiger partial charge in [0.05, 0.1) is 6.04 Å². The summed E-state index contributed by atoms with van der Waals surface area (Å²) >= 11 is 5.78. The number of aromatic nitrogens is 4. The molecule has 128 valence electrons. The molecule has 1 aliphatic carbocycles.